The van der Waals surface area contributed by atoms with Gasteiger partial charge >= 0.3 is 0 Å². The molecule has 1 saturated heterocycles. The summed E-state index contributed by atoms with van der Waals surface area (Å²) in [5.74, 6) is 0.708. The van der Waals surface area contributed by atoms with Crippen LogP contribution in [-0.2, 0) is 4.79 Å². The van der Waals surface area contributed by atoms with E-state index in [9.17, 15) is 4.79 Å². The van der Waals surface area contributed by atoms with Gasteiger partial charge in [0.2, 0.25) is 5.91 Å². The van der Waals surface area contributed by atoms with E-state index in [2.05, 4.69) is 39.9 Å². The van der Waals surface area contributed by atoms with Gasteiger partial charge in [0.1, 0.15) is 0 Å². The first-order valence-corrected chi connectivity index (χ1v) is 6.65. The fraction of sp³-hybridized carbons (Fsp3) is 0.929. The molecule has 17 heavy (non-hydrogen) atoms. The Labute approximate surface area is 106 Å². The minimum Gasteiger partial charge on any atom is -0.345 e. The highest BCUT2D eigenvalue weighted by molar-refractivity contribution is 5.83. The van der Waals surface area contributed by atoms with Crippen LogP contribution >= 0.6 is 0 Å². The molecule has 100 valence electrons. The number of nitrogens with one attached hydrogen (secondary N) is 1. The first-order valence-electron chi connectivity index (χ1n) is 6.65. The van der Waals surface area contributed by atoms with E-state index < -0.39 is 0 Å². The van der Waals surface area contributed by atoms with E-state index in [-0.39, 0.29) is 10.8 Å². The Bertz CT molecular complexity index is 272. The molecule has 1 rings (SSSR count). The van der Waals surface area contributed by atoms with Crippen LogP contribution in [0.25, 0.3) is 0 Å². The maximum absolute atomic E-state index is 12.7. The highest BCUT2D eigenvalue weighted by Crippen LogP contribution is 2.36. The van der Waals surface area contributed by atoms with Crippen molar-refractivity contribution in [1.29, 1.82) is 0 Å². The Balaban J connectivity index is 2.79. The zero-order chi connectivity index (χ0) is 13.3. The Morgan fingerprint density at radius 3 is 2.35 bits per heavy atom. The largest absolute Gasteiger partial charge is 0.345 e. The lowest BCUT2D eigenvalue weighted by Gasteiger charge is -2.37. The highest BCUT2D eigenvalue weighted by Gasteiger charge is 2.45. The van der Waals surface area contributed by atoms with Crippen LogP contribution in [0, 0.1) is 16.7 Å². The highest BCUT2D eigenvalue weighted by atomic mass is 16.2. The van der Waals surface area contributed by atoms with Gasteiger partial charge in [-0.05, 0) is 24.3 Å². The summed E-state index contributed by atoms with van der Waals surface area (Å²) in [7, 11) is 1.94. The van der Waals surface area contributed by atoms with Crippen LogP contribution in [0.1, 0.15) is 41.0 Å². The van der Waals surface area contributed by atoms with Gasteiger partial charge < -0.3 is 10.2 Å². The smallest absolute Gasteiger partial charge is 0.230 e. The van der Waals surface area contributed by atoms with E-state index in [1.165, 1.54) is 0 Å². The SMILES string of the molecule is CC(C)C1(C(=O)N(C)CC(C)(C)C)CCNC1. The number of rotatable bonds is 3. The predicted molar refractivity (Wildman–Crippen MR) is 71.8 cm³/mol. The zero-order valence-electron chi connectivity index (χ0n) is 12.3. The Kier molecular flexibility index (Phi) is 4.23. The molecule has 0 bridgehead atoms. The van der Waals surface area contributed by atoms with Crippen LogP contribution in [0.15, 0.2) is 0 Å². The lowest BCUT2D eigenvalue weighted by Crippen LogP contribution is -2.48. The van der Waals surface area contributed by atoms with Gasteiger partial charge in [0, 0.05) is 20.1 Å². The van der Waals surface area contributed by atoms with E-state index in [0.29, 0.717) is 11.8 Å². The Morgan fingerprint density at radius 2 is 2.00 bits per heavy atom. The third kappa shape index (κ3) is 3.21. The summed E-state index contributed by atoms with van der Waals surface area (Å²) in [4.78, 5) is 14.6. The van der Waals surface area contributed by atoms with Crippen LogP contribution in [-0.4, -0.2) is 37.5 Å². The lowest BCUT2D eigenvalue weighted by molar-refractivity contribution is -0.143. The maximum atomic E-state index is 12.7. The molecule has 0 aromatic heterocycles. The number of amides is 1. The van der Waals surface area contributed by atoms with Crippen molar-refractivity contribution < 1.29 is 4.79 Å². The molecule has 1 atom stereocenters. The second-order valence-electron chi connectivity index (χ2n) is 6.96. The number of nitrogens with zero attached hydrogens (tertiary/aromatic N) is 1. The van der Waals surface area contributed by atoms with Crippen molar-refractivity contribution in [2.24, 2.45) is 16.7 Å². The molecule has 3 nitrogen and oxygen atoms in total. The van der Waals surface area contributed by atoms with Gasteiger partial charge in [-0.25, -0.2) is 0 Å². The Hall–Kier alpha value is -0.570. The molecule has 1 aliphatic heterocycles. The standard InChI is InChI=1S/C14H28N2O/c1-11(2)14(7-8-15-9-14)12(17)16(6)10-13(3,4)5/h11,15H,7-10H2,1-6H3. The molecule has 1 amide bonds. The molecule has 1 heterocycles. The third-order valence-corrected chi connectivity index (χ3v) is 3.78. The molecule has 1 fully saturated rings. The van der Waals surface area contributed by atoms with Gasteiger partial charge in [-0.3, -0.25) is 4.79 Å². The normalized spacial score (nSPS) is 25.4. The van der Waals surface area contributed by atoms with Crippen molar-refractivity contribution in [3.05, 3.63) is 0 Å². The van der Waals surface area contributed by atoms with E-state index >= 15 is 0 Å². The Morgan fingerprint density at radius 1 is 1.41 bits per heavy atom. The number of hydrogen-bond acceptors (Lipinski definition) is 2. The van der Waals surface area contributed by atoms with Crippen molar-refractivity contribution in [3.63, 3.8) is 0 Å². The van der Waals surface area contributed by atoms with E-state index in [1.54, 1.807) is 0 Å². The lowest BCUT2D eigenvalue weighted by atomic mass is 9.75. The average molecular weight is 240 g/mol. The molecule has 1 N–H and O–H groups in total. The van der Waals surface area contributed by atoms with Gasteiger partial charge in [-0.15, -0.1) is 0 Å². The summed E-state index contributed by atoms with van der Waals surface area (Å²) in [6.45, 7) is 13.5. The van der Waals surface area contributed by atoms with Crippen LogP contribution in [0.5, 0.6) is 0 Å². The van der Waals surface area contributed by atoms with Gasteiger partial charge in [-0.2, -0.15) is 0 Å². The number of hydrogen-bond donors (Lipinski definition) is 1. The van der Waals surface area contributed by atoms with Crippen molar-refractivity contribution in [3.8, 4) is 0 Å². The molecule has 1 unspecified atom stereocenters. The van der Waals surface area contributed by atoms with Gasteiger partial charge in [0.15, 0.2) is 0 Å². The molecule has 0 aromatic carbocycles. The van der Waals surface area contributed by atoms with Crippen molar-refractivity contribution >= 4 is 5.91 Å². The minimum atomic E-state index is -0.181. The maximum Gasteiger partial charge on any atom is 0.230 e. The van der Waals surface area contributed by atoms with E-state index in [0.717, 1.165) is 26.1 Å². The monoisotopic (exact) mass is 240 g/mol. The summed E-state index contributed by atoms with van der Waals surface area (Å²) < 4.78 is 0. The second kappa shape index (κ2) is 4.97. The average Bonchev–Trinajstić information content (AvgIpc) is 2.63. The predicted octanol–water partition coefficient (Wildman–Crippen LogP) is 2.13. The van der Waals surface area contributed by atoms with Crippen molar-refractivity contribution in [2.45, 2.75) is 41.0 Å². The fourth-order valence-corrected chi connectivity index (χ4v) is 2.80. The molecular formula is C14H28N2O. The molecule has 0 aromatic rings. The topological polar surface area (TPSA) is 32.3 Å². The molecule has 0 aliphatic carbocycles. The summed E-state index contributed by atoms with van der Waals surface area (Å²) >= 11 is 0. The molecule has 0 saturated carbocycles. The second-order valence-corrected chi connectivity index (χ2v) is 6.96. The van der Waals surface area contributed by atoms with Crippen LogP contribution < -0.4 is 5.32 Å². The quantitative estimate of drug-likeness (QED) is 0.819. The first-order chi connectivity index (χ1) is 7.69. The van der Waals surface area contributed by atoms with E-state index in [4.69, 9.17) is 0 Å². The van der Waals surface area contributed by atoms with Crippen LogP contribution in [0.3, 0.4) is 0 Å². The molecular weight excluding hydrogens is 212 g/mol. The molecule has 3 heteroatoms. The minimum absolute atomic E-state index is 0.161. The number of carbonyl (C=O) groups excluding carboxylic acids is 1. The van der Waals surface area contributed by atoms with E-state index in [1.807, 2.05) is 11.9 Å². The van der Waals surface area contributed by atoms with Gasteiger partial charge in [0.25, 0.3) is 0 Å². The molecule has 1 aliphatic rings. The molecule has 0 spiro atoms. The zero-order valence-corrected chi connectivity index (χ0v) is 12.3. The first kappa shape index (κ1) is 14.5. The van der Waals surface area contributed by atoms with Crippen molar-refractivity contribution in [1.82, 2.24) is 10.2 Å². The number of carbonyl (C=O) groups is 1. The summed E-state index contributed by atoms with van der Waals surface area (Å²) in [5.41, 5.74) is -0.0192. The third-order valence-electron chi connectivity index (χ3n) is 3.78. The molecule has 0 radical (unpaired) electrons. The fourth-order valence-electron chi connectivity index (χ4n) is 2.80. The summed E-state index contributed by atoms with van der Waals surface area (Å²) in [6, 6.07) is 0. The van der Waals surface area contributed by atoms with Crippen LogP contribution in [0.2, 0.25) is 0 Å². The van der Waals surface area contributed by atoms with Gasteiger partial charge in [0.05, 0.1) is 5.41 Å². The summed E-state index contributed by atoms with van der Waals surface area (Å²) in [5, 5.41) is 3.35. The van der Waals surface area contributed by atoms with Crippen molar-refractivity contribution in [2.75, 3.05) is 26.7 Å². The summed E-state index contributed by atoms with van der Waals surface area (Å²) in [6.07, 6.45) is 0.970. The van der Waals surface area contributed by atoms with Gasteiger partial charge in [-0.1, -0.05) is 34.6 Å². The van der Waals surface area contributed by atoms with Crippen LogP contribution in [0.4, 0.5) is 0 Å².